The quantitative estimate of drug-likeness (QED) is 0.462. The second-order valence-corrected chi connectivity index (χ2v) is 1.66. The van der Waals surface area contributed by atoms with Crippen molar-refractivity contribution in [2.24, 2.45) is 0 Å². The third-order valence-corrected chi connectivity index (χ3v) is 0.873. The van der Waals surface area contributed by atoms with E-state index in [1.807, 2.05) is 6.92 Å². The summed E-state index contributed by atoms with van der Waals surface area (Å²) in [5.41, 5.74) is 0. The van der Waals surface area contributed by atoms with E-state index in [9.17, 15) is 4.79 Å². The Kier molecular flexibility index (Phi) is 4.00. The van der Waals surface area contributed by atoms with E-state index in [4.69, 9.17) is 10.2 Å². The van der Waals surface area contributed by atoms with Crippen LogP contribution in [0.3, 0.4) is 0 Å². The lowest BCUT2D eigenvalue weighted by Gasteiger charge is -2.03. The zero-order chi connectivity index (χ0) is 7.28. The summed E-state index contributed by atoms with van der Waals surface area (Å²) in [7, 11) is 0. The predicted octanol–water partition coefficient (Wildman–Crippen LogP) is -0.959. The summed E-state index contributed by atoms with van der Waals surface area (Å²) in [5, 5.41) is 19.4. The number of aliphatic carboxylic acids is 1. The van der Waals surface area contributed by atoms with E-state index in [0.29, 0.717) is 6.54 Å². The van der Waals surface area contributed by atoms with Crippen molar-refractivity contribution in [3.05, 3.63) is 0 Å². The van der Waals surface area contributed by atoms with Gasteiger partial charge in [0.1, 0.15) is 0 Å². The molecule has 0 aromatic carbocycles. The van der Waals surface area contributed by atoms with Gasteiger partial charge in [-0.3, -0.25) is 0 Å². The maximum atomic E-state index is 9.92. The summed E-state index contributed by atoms with van der Waals surface area (Å²) < 4.78 is 0. The lowest BCUT2D eigenvalue weighted by atomic mass is 10.3. The molecule has 0 saturated heterocycles. The smallest absolute Gasteiger partial charge is 0.333 e. The van der Waals surface area contributed by atoms with Crippen LogP contribution in [0, 0.1) is 0 Å². The van der Waals surface area contributed by atoms with E-state index in [1.54, 1.807) is 0 Å². The molecule has 0 aromatic rings. The maximum Gasteiger partial charge on any atom is 0.333 e. The topological polar surface area (TPSA) is 69.6 Å². The molecule has 0 aliphatic carbocycles. The van der Waals surface area contributed by atoms with Crippen molar-refractivity contribution in [3.63, 3.8) is 0 Å². The van der Waals surface area contributed by atoms with Gasteiger partial charge in [-0.1, -0.05) is 6.92 Å². The monoisotopic (exact) mass is 133 g/mol. The molecule has 9 heavy (non-hydrogen) atoms. The van der Waals surface area contributed by atoms with E-state index < -0.39 is 12.1 Å². The van der Waals surface area contributed by atoms with Gasteiger partial charge in [-0.15, -0.1) is 0 Å². The number of likely N-dealkylation sites (N-methyl/N-ethyl adjacent to an activating group) is 1. The Bertz CT molecular complexity index is 94.2. The number of hydrogen-bond donors (Lipinski definition) is 3. The molecule has 1 unspecified atom stereocenters. The number of aliphatic hydroxyl groups excluding tert-OH is 1. The fourth-order valence-electron chi connectivity index (χ4n) is 0.368. The summed E-state index contributed by atoms with van der Waals surface area (Å²) in [6.45, 7) is 2.63. The molecule has 0 saturated carbocycles. The summed E-state index contributed by atoms with van der Waals surface area (Å²) in [6.07, 6.45) is -1.27. The van der Waals surface area contributed by atoms with Crippen molar-refractivity contribution in [2.45, 2.75) is 13.0 Å². The highest BCUT2D eigenvalue weighted by atomic mass is 16.4. The van der Waals surface area contributed by atoms with Gasteiger partial charge in [-0.25, -0.2) is 4.79 Å². The SMILES string of the molecule is CCNCC(O)C(=O)O. The largest absolute Gasteiger partial charge is 0.479 e. The first-order chi connectivity index (χ1) is 4.18. The molecule has 0 aliphatic rings. The zero-order valence-corrected chi connectivity index (χ0v) is 5.29. The molecule has 4 nitrogen and oxygen atoms in total. The van der Waals surface area contributed by atoms with Gasteiger partial charge < -0.3 is 15.5 Å². The van der Waals surface area contributed by atoms with Crippen LogP contribution in [-0.4, -0.2) is 35.4 Å². The van der Waals surface area contributed by atoms with E-state index in [2.05, 4.69) is 5.32 Å². The van der Waals surface area contributed by atoms with Gasteiger partial charge in [0.25, 0.3) is 0 Å². The molecule has 0 fully saturated rings. The Labute approximate surface area is 53.5 Å². The molecule has 0 heterocycles. The number of carboxylic acids is 1. The number of carboxylic acid groups (broad SMARTS) is 1. The number of carbonyl (C=O) groups is 1. The van der Waals surface area contributed by atoms with Crippen molar-refractivity contribution in [1.29, 1.82) is 0 Å². The molecule has 0 amide bonds. The van der Waals surface area contributed by atoms with Crippen LogP contribution in [0.25, 0.3) is 0 Å². The van der Waals surface area contributed by atoms with Gasteiger partial charge in [0.2, 0.25) is 0 Å². The minimum atomic E-state index is -1.27. The first-order valence-electron chi connectivity index (χ1n) is 2.80. The van der Waals surface area contributed by atoms with Crippen molar-refractivity contribution in [3.8, 4) is 0 Å². The number of rotatable bonds is 4. The van der Waals surface area contributed by atoms with Gasteiger partial charge in [0.15, 0.2) is 6.10 Å². The molecular formula is C5H11NO3. The molecule has 3 N–H and O–H groups in total. The van der Waals surface area contributed by atoms with Crippen LogP contribution in [0.15, 0.2) is 0 Å². The molecule has 0 aromatic heterocycles. The van der Waals surface area contributed by atoms with E-state index in [0.717, 1.165) is 0 Å². The van der Waals surface area contributed by atoms with Gasteiger partial charge in [0, 0.05) is 6.54 Å². The van der Waals surface area contributed by atoms with Gasteiger partial charge in [-0.05, 0) is 6.54 Å². The van der Waals surface area contributed by atoms with Gasteiger partial charge in [-0.2, -0.15) is 0 Å². The van der Waals surface area contributed by atoms with E-state index >= 15 is 0 Å². The van der Waals surface area contributed by atoms with Crippen LogP contribution in [0.5, 0.6) is 0 Å². The second kappa shape index (κ2) is 4.29. The normalized spacial score (nSPS) is 13.1. The summed E-state index contributed by atoms with van der Waals surface area (Å²) in [5.74, 6) is -1.18. The van der Waals surface area contributed by atoms with Gasteiger partial charge in [0.05, 0.1) is 0 Å². The zero-order valence-electron chi connectivity index (χ0n) is 5.29. The van der Waals surface area contributed by atoms with E-state index in [-0.39, 0.29) is 6.54 Å². The highest BCUT2D eigenvalue weighted by Gasteiger charge is 2.10. The van der Waals surface area contributed by atoms with Crippen molar-refractivity contribution < 1.29 is 15.0 Å². The highest BCUT2D eigenvalue weighted by molar-refractivity contribution is 5.72. The molecule has 0 rings (SSSR count). The Morgan fingerprint density at radius 3 is 2.67 bits per heavy atom. The van der Waals surface area contributed by atoms with Crippen LogP contribution in [-0.2, 0) is 4.79 Å². The summed E-state index contributed by atoms with van der Waals surface area (Å²) in [4.78, 5) is 9.92. The van der Waals surface area contributed by atoms with Crippen molar-refractivity contribution in [2.75, 3.05) is 13.1 Å². The van der Waals surface area contributed by atoms with Crippen LogP contribution < -0.4 is 5.32 Å². The second-order valence-electron chi connectivity index (χ2n) is 1.66. The van der Waals surface area contributed by atoms with Crippen molar-refractivity contribution in [1.82, 2.24) is 5.32 Å². The molecule has 54 valence electrons. The Hall–Kier alpha value is -0.610. The average Bonchev–Trinajstić information content (AvgIpc) is 1.82. The van der Waals surface area contributed by atoms with Crippen molar-refractivity contribution >= 4 is 5.97 Å². The first-order valence-corrected chi connectivity index (χ1v) is 2.80. The Morgan fingerprint density at radius 2 is 2.33 bits per heavy atom. The Morgan fingerprint density at radius 1 is 1.78 bits per heavy atom. The molecule has 0 spiro atoms. The third-order valence-electron chi connectivity index (χ3n) is 0.873. The summed E-state index contributed by atoms with van der Waals surface area (Å²) >= 11 is 0. The molecule has 0 radical (unpaired) electrons. The highest BCUT2D eigenvalue weighted by Crippen LogP contribution is 1.77. The standard InChI is InChI=1S/C5H11NO3/c1-2-6-3-4(7)5(8)9/h4,6-7H,2-3H2,1H3,(H,8,9). The third kappa shape index (κ3) is 3.93. The van der Waals surface area contributed by atoms with Crippen LogP contribution in [0.2, 0.25) is 0 Å². The van der Waals surface area contributed by atoms with E-state index in [1.165, 1.54) is 0 Å². The molecule has 0 aliphatic heterocycles. The maximum absolute atomic E-state index is 9.92. The molecule has 4 heteroatoms. The van der Waals surface area contributed by atoms with Crippen LogP contribution in [0.4, 0.5) is 0 Å². The lowest BCUT2D eigenvalue weighted by Crippen LogP contribution is -2.32. The van der Waals surface area contributed by atoms with Gasteiger partial charge >= 0.3 is 5.97 Å². The molecule has 1 atom stereocenters. The first kappa shape index (κ1) is 8.39. The number of hydrogen-bond acceptors (Lipinski definition) is 3. The number of aliphatic hydroxyl groups is 1. The molecule has 0 bridgehead atoms. The fraction of sp³-hybridized carbons (Fsp3) is 0.800. The predicted molar refractivity (Wildman–Crippen MR) is 32.2 cm³/mol. The number of nitrogens with one attached hydrogen (secondary N) is 1. The minimum Gasteiger partial charge on any atom is -0.479 e. The lowest BCUT2D eigenvalue weighted by molar-refractivity contribution is -0.146. The van der Waals surface area contributed by atoms with Crippen LogP contribution in [0.1, 0.15) is 6.92 Å². The molecular weight excluding hydrogens is 122 g/mol. The summed E-state index contributed by atoms with van der Waals surface area (Å²) in [6, 6.07) is 0. The Balaban J connectivity index is 3.27. The average molecular weight is 133 g/mol. The fourth-order valence-corrected chi connectivity index (χ4v) is 0.368. The minimum absolute atomic E-state index is 0.117. The van der Waals surface area contributed by atoms with Crippen LogP contribution >= 0.6 is 0 Å².